The van der Waals surface area contributed by atoms with E-state index in [1.807, 2.05) is 34.6 Å². The lowest BCUT2D eigenvalue weighted by Crippen LogP contribution is -2.09. The first-order valence-electron chi connectivity index (χ1n) is 20.0. The zero-order valence-electron chi connectivity index (χ0n) is 38.0. The fourth-order valence-electron chi connectivity index (χ4n) is 9.81. The molecule has 320 valence electrons. The van der Waals surface area contributed by atoms with Crippen molar-refractivity contribution in [2.24, 2.45) is 0 Å². The molecule has 0 saturated carbocycles. The maximum Gasteiger partial charge on any atom is 0.129 e. The molecular weight excluding hydrogens is 761 g/mol. The van der Waals surface area contributed by atoms with E-state index in [1.54, 1.807) is 71.1 Å². The molecule has 0 heterocycles. The van der Waals surface area contributed by atoms with Crippen LogP contribution >= 0.6 is 0 Å². The van der Waals surface area contributed by atoms with Crippen molar-refractivity contribution in [3.63, 3.8) is 0 Å². The van der Waals surface area contributed by atoms with E-state index in [-0.39, 0.29) is 0 Å². The van der Waals surface area contributed by atoms with Crippen LogP contribution in [-0.4, -0.2) is 71.1 Å². The van der Waals surface area contributed by atoms with Gasteiger partial charge < -0.3 is 47.4 Å². The molecule has 10 heteroatoms. The number of ether oxygens (including phenoxy) is 10. The molecule has 6 rings (SSSR count). The molecule has 60 heavy (non-hydrogen) atoms. The normalized spacial score (nSPS) is 12.2. The Labute approximate surface area is 355 Å². The van der Waals surface area contributed by atoms with Gasteiger partial charge in [-0.1, -0.05) is 0 Å². The van der Waals surface area contributed by atoms with Gasteiger partial charge in [-0.25, -0.2) is 0 Å². The van der Waals surface area contributed by atoms with Crippen LogP contribution in [0.15, 0.2) is 30.3 Å². The van der Waals surface area contributed by atoms with E-state index in [0.29, 0.717) is 32.1 Å². The Hall–Kier alpha value is -5.90. The van der Waals surface area contributed by atoms with Crippen LogP contribution in [0.2, 0.25) is 0 Å². The standard InChI is InChI=1S/C50H60O10/c1-26-41(51-6)31-16-32(42(26)52-7)22-34-18-36(46(56-11)28(3)44(34)54-9)24-38-20-40(50(60-15)30(5)48(38)58-13)25-39-19-37(47(57-12)29(4)49(39)59-14)23-35-17-33(21-31)43(53-8)27(2)45(35)55-10/h16-20H,21-25H2,1-15H3. The van der Waals surface area contributed by atoms with Gasteiger partial charge in [-0.15, -0.1) is 0 Å². The maximum absolute atomic E-state index is 6.15. The van der Waals surface area contributed by atoms with E-state index >= 15 is 0 Å². The summed E-state index contributed by atoms with van der Waals surface area (Å²) in [4.78, 5) is 0. The average Bonchev–Trinajstić information content (AvgIpc) is 3.21. The first-order chi connectivity index (χ1) is 28.9. The van der Waals surface area contributed by atoms with Gasteiger partial charge in [0.05, 0.1) is 71.1 Å². The molecule has 0 aliphatic heterocycles. The number of hydrogen-bond donors (Lipinski definition) is 0. The molecule has 0 fully saturated rings. The summed E-state index contributed by atoms with van der Waals surface area (Å²) in [6.07, 6.45) is 2.59. The van der Waals surface area contributed by atoms with E-state index in [0.717, 1.165) is 141 Å². The fourth-order valence-corrected chi connectivity index (χ4v) is 9.81. The third kappa shape index (κ3) is 7.57. The summed E-state index contributed by atoms with van der Waals surface area (Å²) in [7, 11) is 17.0. The second-order valence-electron chi connectivity index (χ2n) is 15.3. The second-order valence-corrected chi connectivity index (χ2v) is 15.3. The summed E-state index contributed by atoms with van der Waals surface area (Å²) in [5, 5.41) is 0. The summed E-state index contributed by atoms with van der Waals surface area (Å²) in [5.41, 5.74) is 14.4. The first kappa shape index (κ1) is 43.7. The third-order valence-electron chi connectivity index (χ3n) is 12.0. The highest BCUT2D eigenvalue weighted by atomic mass is 16.5. The zero-order valence-corrected chi connectivity index (χ0v) is 38.0. The van der Waals surface area contributed by atoms with Crippen LogP contribution in [0.3, 0.4) is 0 Å². The van der Waals surface area contributed by atoms with Gasteiger partial charge in [-0.2, -0.15) is 0 Å². The van der Waals surface area contributed by atoms with Gasteiger partial charge >= 0.3 is 0 Å². The minimum absolute atomic E-state index is 0.518. The van der Waals surface area contributed by atoms with Gasteiger partial charge in [0, 0.05) is 59.9 Å². The molecular formula is C50H60O10. The summed E-state index contributed by atoms with van der Waals surface area (Å²) in [6, 6.07) is 10.9. The Kier molecular flexibility index (Phi) is 13.2. The summed E-state index contributed by atoms with van der Waals surface area (Å²) in [5.74, 6) is 7.53. The van der Waals surface area contributed by atoms with Gasteiger partial charge in [-0.3, -0.25) is 0 Å². The molecule has 10 bridgehead atoms. The van der Waals surface area contributed by atoms with Crippen molar-refractivity contribution in [1.29, 1.82) is 0 Å². The van der Waals surface area contributed by atoms with Crippen molar-refractivity contribution in [1.82, 2.24) is 0 Å². The SMILES string of the molecule is COc1c2cc(c(OC)c1C)Cc1cc(c(OC)c(C)c1OC)Cc1cc(c(OC)c(C)c1OC)Cc1cc(c(OC)c(C)c1OC)Cc1cc(c(OC)c(C)c1OC)C2. The minimum Gasteiger partial charge on any atom is -0.496 e. The summed E-state index contributed by atoms with van der Waals surface area (Å²) < 4.78 is 61.5. The Morgan fingerprint density at radius 2 is 0.317 bits per heavy atom. The van der Waals surface area contributed by atoms with Crippen LogP contribution in [0.1, 0.15) is 83.5 Å². The van der Waals surface area contributed by atoms with Gasteiger partial charge in [0.15, 0.2) is 0 Å². The third-order valence-corrected chi connectivity index (χ3v) is 12.0. The topological polar surface area (TPSA) is 92.3 Å². The zero-order chi connectivity index (χ0) is 43.6. The van der Waals surface area contributed by atoms with Gasteiger partial charge in [-0.05, 0) is 121 Å². The monoisotopic (exact) mass is 820 g/mol. The highest BCUT2D eigenvalue weighted by Crippen LogP contribution is 2.47. The lowest BCUT2D eigenvalue weighted by Gasteiger charge is -2.24. The molecule has 0 aromatic heterocycles. The van der Waals surface area contributed by atoms with E-state index < -0.39 is 0 Å². The molecule has 5 aromatic carbocycles. The predicted molar refractivity (Wildman–Crippen MR) is 235 cm³/mol. The number of benzene rings is 5. The highest BCUT2D eigenvalue weighted by Gasteiger charge is 2.27. The van der Waals surface area contributed by atoms with Crippen molar-refractivity contribution >= 4 is 0 Å². The van der Waals surface area contributed by atoms with Crippen LogP contribution in [0.5, 0.6) is 57.5 Å². The van der Waals surface area contributed by atoms with Crippen molar-refractivity contribution in [2.75, 3.05) is 71.1 Å². The van der Waals surface area contributed by atoms with Crippen LogP contribution in [-0.2, 0) is 32.1 Å². The number of fused-ring (bicyclic) bond motifs is 10. The Bertz CT molecular complexity index is 1900. The van der Waals surface area contributed by atoms with E-state index in [9.17, 15) is 0 Å². The average molecular weight is 821 g/mol. The Balaban J connectivity index is 1.76. The Morgan fingerprint density at radius 3 is 0.400 bits per heavy atom. The molecule has 10 nitrogen and oxygen atoms in total. The van der Waals surface area contributed by atoms with E-state index in [4.69, 9.17) is 47.4 Å². The van der Waals surface area contributed by atoms with Crippen molar-refractivity contribution in [3.8, 4) is 57.5 Å². The number of rotatable bonds is 10. The van der Waals surface area contributed by atoms with Crippen LogP contribution in [0.25, 0.3) is 0 Å². The highest BCUT2D eigenvalue weighted by molar-refractivity contribution is 5.65. The van der Waals surface area contributed by atoms with Crippen molar-refractivity contribution < 1.29 is 47.4 Å². The van der Waals surface area contributed by atoms with Gasteiger partial charge in [0.25, 0.3) is 0 Å². The molecule has 0 saturated heterocycles. The smallest absolute Gasteiger partial charge is 0.129 e. The largest absolute Gasteiger partial charge is 0.496 e. The predicted octanol–water partition coefficient (Wildman–Crippen LogP) is 9.58. The Morgan fingerprint density at radius 1 is 0.217 bits per heavy atom. The van der Waals surface area contributed by atoms with Crippen molar-refractivity contribution in [3.05, 3.63) is 114 Å². The van der Waals surface area contributed by atoms with E-state index in [1.165, 1.54) is 0 Å². The molecule has 0 radical (unpaired) electrons. The molecule has 0 unspecified atom stereocenters. The lowest BCUT2D eigenvalue weighted by atomic mass is 9.88. The molecule has 0 atom stereocenters. The second kappa shape index (κ2) is 18.2. The quantitative estimate of drug-likeness (QED) is 0.133. The number of hydrogen-bond acceptors (Lipinski definition) is 10. The van der Waals surface area contributed by atoms with Crippen molar-refractivity contribution in [2.45, 2.75) is 66.7 Å². The fraction of sp³-hybridized carbons (Fsp3) is 0.400. The van der Waals surface area contributed by atoms with Gasteiger partial charge in [0.1, 0.15) is 57.5 Å². The van der Waals surface area contributed by atoms with E-state index in [2.05, 4.69) is 30.3 Å². The minimum atomic E-state index is 0.518. The lowest BCUT2D eigenvalue weighted by molar-refractivity contribution is 0.377. The van der Waals surface area contributed by atoms with Crippen LogP contribution in [0.4, 0.5) is 0 Å². The number of methoxy groups -OCH3 is 10. The first-order valence-corrected chi connectivity index (χ1v) is 20.0. The van der Waals surface area contributed by atoms with Gasteiger partial charge in [0.2, 0.25) is 0 Å². The molecule has 0 N–H and O–H groups in total. The summed E-state index contributed by atoms with van der Waals surface area (Å²) >= 11 is 0. The maximum atomic E-state index is 6.15. The summed E-state index contributed by atoms with van der Waals surface area (Å²) in [6.45, 7) is 10.2. The molecule has 0 amide bonds. The molecule has 1 aliphatic carbocycles. The molecule has 0 spiro atoms. The molecule has 5 aromatic rings. The van der Waals surface area contributed by atoms with Crippen LogP contribution in [0, 0.1) is 34.6 Å². The van der Waals surface area contributed by atoms with Crippen LogP contribution < -0.4 is 47.4 Å². The molecule has 1 aliphatic rings.